The first-order valence-electron chi connectivity index (χ1n) is 15.4. The molecule has 49 heavy (non-hydrogen) atoms. The topological polar surface area (TPSA) is 97.6 Å². The van der Waals surface area contributed by atoms with Crippen LogP contribution in [0.5, 0.6) is 0 Å². The fraction of sp³-hybridized carbons (Fsp3) is 0.103. The number of nitro groups is 1. The van der Waals surface area contributed by atoms with Gasteiger partial charge in [0.25, 0.3) is 5.69 Å². The summed E-state index contributed by atoms with van der Waals surface area (Å²) in [7, 11) is 0. The maximum Gasteiger partial charge on any atom is 0.289 e. The highest BCUT2D eigenvalue weighted by molar-refractivity contribution is 6.39. The Balaban J connectivity index is 1.53. The van der Waals surface area contributed by atoms with E-state index in [2.05, 4.69) is 0 Å². The number of rotatable bonds is 6. The van der Waals surface area contributed by atoms with Crippen LogP contribution in [0.4, 0.5) is 11.4 Å². The van der Waals surface area contributed by atoms with Crippen molar-refractivity contribution in [3.8, 4) is 0 Å². The van der Waals surface area contributed by atoms with E-state index in [1.54, 1.807) is 48.5 Å². The molecule has 2 fully saturated rings. The van der Waals surface area contributed by atoms with Crippen LogP contribution in [0.1, 0.15) is 22.3 Å². The van der Waals surface area contributed by atoms with E-state index in [1.807, 2.05) is 60.7 Å². The largest absolute Gasteiger partial charge is 0.297 e. The molecular weight excluding hydrogens is 683 g/mol. The molecule has 2 bridgehead atoms. The Hall–Kier alpha value is -5.08. The Morgan fingerprint density at radius 3 is 1.43 bits per heavy atom. The predicted molar refractivity (Wildman–Crippen MR) is 189 cm³/mol. The Bertz CT molecular complexity index is 2130. The van der Waals surface area contributed by atoms with Crippen LogP contribution < -0.4 is 4.90 Å². The lowest BCUT2D eigenvalue weighted by molar-refractivity contribution is -0.384. The summed E-state index contributed by atoms with van der Waals surface area (Å²) >= 11 is 18.9. The minimum absolute atomic E-state index is 0.00705. The van der Waals surface area contributed by atoms with Gasteiger partial charge in [-0.1, -0.05) is 120 Å². The fourth-order valence-electron chi connectivity index (χ4n) is 8.39. The van der Waals surface area contributed by atoms with Crippen molar-refractivity contribution in [2.24, 2.45) is 11.8 Å². The summed E-state index contributed by atoms with van der Waals surface area (Å²) in [6.07, 6.45) is 0. The lowest BCUT2D eigenvalue weighted by atomic mass is 9.59. The summed E-state index contributed by atoms with van der Waals surface area (Å²) in [5, 5.41) is 12.6. The number of halogens is 3. The number of benzene rings is 5. The molecule has 240 valence electrons. The van der Waals surface area contributed by atoms with E-state index in [0.717, 1.165) is 11.0 Å². The minimum Gasteiger partial charge on any atom is -0.297 e. The number of ketones is 1. The van der Waals surface area contributed by atoms with Crippen molar-refractivity contribution in [2.75, 3.05) is 4.90 Å². The quantitative estimate of drug-likeness (QED) is 0.100. The van der Waals surface area contributed by atoms with E-state index in [-0.39, 0.29) is 16.5 Å². The molecule has 0 N–H and O–H groups in total. The van der Waals surface area contributed by atoms with Crippen molar-refractivity contribution in [3.63, 3.8) is 0 Å². The van der Waals surface area contributed by atoms with Gasteiger partial charge < -0.3 is 0 Å². The van der Waals surface area contributed by atoms with Crippen LogP contribution in [0.3, 0.4) is 0 Å². The normalized spacial score (nSPS) is 24.1. The molecule has 1 saturated carbocycles. The number of allylic oxidation sites excluding steroid dienone is 2. The molecule has 1 aliphatic heterocycles. The lowest BCUT2D eigenvalue weighted by Gasteiger charge is -2.39. The van der Waals surface area contributed by atoms with Crippen molar-refractivity contribution in [1.82, 2.24) is 0 Å². The highest BCUT2D eigenvalue weighted by atomic mass is 35.5. The molecule has 0 aromatic heterocycles. The van der Waals surface area contributed by atoms with Gasteiger partial charge in [0, 0.05) is 16.1 Å². The van der Waals surface area contributed by atoms with Gasteiger partial charge in [0.05, 0.1) is 33.3 Å². The molecule has 4 atom stereocenters. The number of anilines is 1. The Morgan fingerprint density at radius 2 is 1.02 bits per heavy atom. The van der Waals surface area contributed by atoms with Gasteiger partial charge >= 0.3 is 0 Å². The van der Waals surface area contributed by atoms with Gasteiger partial charge in [-0.25, -0.2) is 4.90 Å². The van der Waals surface area contributed by atoms with Gasteiger partial charge in [-0.2, -0.15) is 0 Å². The van der Waals surface area contributed by atoms with Crippen LogP contribution >= 0.6 is 34.8 Å². The van der Waals surface area contributed by atoms with E-state index in [4.69, 9.17) is 34.8 Å². The van der Waals surface area contributed by atoms with Crippen LogP contribution in [0.15, 0.2) is 127 Å². The molecule has 0 unspecified atom stereocenters. The van der Waals surface area contributed by atoms with E-state index < -0.39 is 45.1 Å². The number of nitrogens with zero attached hydrogens (tertiary/aromatic N) is 2. The smallest absolute Gasteiger partial charge is 0.289 e. The second-order valence-corrected chi connectivity index (χ2v) is 13.6. The molecule has 2 amide bonds. The van der Waals surface area contributed by atoms with Crippen molar-refractivity contribution in [1.29, 1.82) is 0 Å². The summed E-state index contributed by atoms with van der Waals surface area (Å²) in [5.41, 5.74) is -0.163. The molecule has 3 aliphatic rings. The van der Waals surface area contributed by atoms with Crippen LogP contribution in [0.25, 0.3) is 11.1 Å². The SMILES string of the molecule is O=C1[C@H]2[C@H](C(=O)N1c1ccc(Cl)c([N+](=O)[O-])c1)[C@@]1(c3ccc(Cl)cc3)C(=O)[C@@]2(c2ccc(Cl)cc2)C(c2ccccc2)=C1c1ccccc1. The zero-order valence-electron chi connectivity index (χ0n) is 25.3. The maximum atomic E-state index is 15.9. The number of hydrogen-bond acceptors (Lipinski definition) is 5. The molecule has 8 rings (SSSR count). The summed E-state index contributed by atoms with van der Waals surface area (Å²) in [5.74, 6) is -4.05. The number of nitro benzene ring substituents is 1. The van der Waals surface area contributed by atoms with Gasteiger partial charge in [0.1, 0.15) is 5.02 Å². The van der Waals surface area contributed by atoms with E-state index >= 15 is 14.4 Å². The summed E-state index contributed by atoms with van der Waals surface area (Å²) in [6, 6.07) is 36.2. The van der Waals surface area contributed by atoms with E-state index in [1.165, 1.54) is 12.1 Å². The van der Waals surface area contributed by atoms with Crippen LogP contribution in [0.2, 0.25) is 15.1 Å². The average Bonchev–Trinajstić information content (AvgIpc) is 3.62. The first-order chi connectivity index (χ1) is 23.6. The van der Waals surface area contributed by atoms with Crippen molar-refractivity contribution in [2.45, 2.75) is 10.8 Å². The Labute approximate surface area is 295 Å². The number of Topliss-reactive ketones (excluding diaryl/α,β-unsaturated/α-hetero) is 1. The standard InChI is InChI=1S/C39H23Cl3N2O5/c40-26-15-11-24(12-16-26)38-31(22-7-3-1-4-8-22)32(23-9-5-2-6-10-23)39(37(38)47,25-13-17-27(41)18-14-25)34-33(38)35(45)43(36(34)46)28-19-20-29(42)30(21-28)44(48)49/h1-21,33-34H/t33-,34-,38+,39+/m1/s1. The van der Waals surface area contributed by atoms with Crippen LogP contribution in [-0.4, -0.2) is 22.5 Å². The molecule has 0 spiro atoms. The molecule has 0 radical (unpaired) electrons. The first kappa shape index (κ1) is 31.2. The number of carbonyl (C=O) groups is 3. The summed E-state index contributed by atoms with van der Waals surface area (Å²) in [6.45, 7) is 0. The number of hydrogen-bond donors (Lipinski definition) is 0. The zero-order valence-corrected chi connectivity index (χ0v) is 27.6. The van der Waals surface area contributed by atoms with Crippen LogP contribution in [-0.2, 0) is 25.2 Å². The van der Waals surface area contributed by atoms with Gasteiger partial charge in [0.15, 0.2) is 5.78 Å². The molecule has 1 saturated heterocycles. The highest BCUT2D eigenvalue weighted by Gasteiger charge is 2.82. The van der Waals surface area contributed by atoms with Crippen molar-refractivity contribution in [3.05, 3.63) is 175 Å². The average molecular weight is 706 g/mol. The summed E-state index contributed by atoms with van der Waals surface area (Å²) in [4.78, 5) is 58.3. The molecule has 7 nitrogen and oxygen atoms in total. The molecule has 2 aliphatic carbocycles. The third kappa shape index (κ3) is 4.13. The van der Waals surface area contributed by atoms with E-state index in [9.17, 15) is 10.1 Å². The highest BCUT2D eigenvalue weighted by Crippen LogP contribution is 2.74. The molecule has 1 heterocycles. The number of amides is 2. The van der Waals surface area contributed by atoms with Crippen molar-refractivity contribution >= 4 is 74.9 Å². The Morgan fingerprint density at radius 1 is 0.592 bits per heavy atom. The molecule has 5 aromatic carbocycles. The molecule has 10 heteroatoms. The van der Waals surface area contributed by atoms with Gasteiger partial charge in [-0.3, -0.25) is 24.5 Å². The molecular formula is C39H23Cl3N2O5. The zero-order chi connectivity index (χ0) is 34.2. The Kier molecular flexibility index (Phi) is 7.16. The second kappa shape index (κ2) is 11.2. The maximum absolute atomic E-state index is 15.9. The second-order valence-electron chi connectivity index (χ2n) is 12.3. The summed E-state index contributed by atoms with van der Waals surface area (Å²) < 4.78 is 0. The monoisotopic (exact) mass is 704 g/mol. The fourth-order valence-corrected chi connectivity index (χ4v) is 8.83. The van der Waals surface area contributed by atoms with Gasteiger partial charge in [0.2, 0.25) is 11.8 Å². The predicted octanol–water partition coefficient (Wildman–Crippen LogP) is 8.74. The number of carbonyl (C=O) groups excluding carboxylic acids is 3. The minimum atomic E-state index is -1.67. The first-order valence-corrected chi connectivity index (χ1v) is 16.5. The third-order valence-electron chi connectivity index (χ3n) is 10.1. The van der Waals surface area contributed by atoms with Crippen molar-refractivity contribution < 1.29 is 19.3 Å². The van der Waals surface area contributed by atoms with Gasteiger partial charge in [-0.05, 0) is 69.8 Å². The van der Waals surface area contributed by atoms with E-state index in [0.29, 0.717) is 43.4 Å². The van der Waals surface area contributed by atoms with Gasteiger partial charge in [-0.15, -0.1) is 0 Å². The third-order valence-corrected chi connectivity index (χ3v) is 10.9. The number of imide groups is 1. The van der Waals surface area contributed by atoms with Crippen LogP contribution in [0, 0.1) is 22.0 Å². The lowest BCUT2D eigenvalue weighted by Crippen LogP contribution is -2.45. The molecule has 5 aromatic rings. The number of fused-ring (bicyclic) bond motifs is 5.